The molecule has 0 aromatic heterocycles. The van der Waals surface area contributed by atoms with Crippen molar-refractivity contribution in [1.29, 1.82) is 0 Å². The molecule has 0 saturated carbocycles. The van der Waals surface area contributed by atoms with Crippen molar-refractivity contribution in [1.82, 2.24) is 9.80 Å². The maximum atomic E-state index is 13.7. The Bertz CT molecular complexity index is 591. The first-order chi connectivity index (χ1) is 10.9. The van der Waals surface area contributed by atoms with E-state index in [0.717, 1.165) is 12.1 Å². The Hall–Kier alpha value is -1.73. The van der Waals surface area contributed by atoms with Crippen LogP contribution in [0.5, 0.6) is 0 Å². The van der Waals surface area contributed by atoms with Crippen LogP contribution in [0.15, 0.2) is 18.2 Å². The zero-order chi connectivity index (χ0) is 17.0. The van der Waals surface area contributed by atoms with Gasteiger partial charge in [-0.15, -0.1) is 12.4 Å². The minimum Gasteiger partial charge on any atom is -0.339 e. The Labute approximate surface area is 146 Å². The van der Waals surface area contributed by atoms with E-state index < -0.39 is 17.5 Å². The van der Waals surface area contributed by atoms with Crippen LogP contribution in [0.2, 0.25) is 0 Å². The summed E-state index contributed by atoms with van der Waals surface area (Å²) in [7, 11) is 0. The second kappa shape index (κ2) is 8.94. The van der Waals surface area contributed by atoms with E-state index in [1.54, 1.807) is 4.90 Å². The zero-order valence-corrected chi connectivity index (χ0v) is 14.3. The van der Waals surface area contributed by atoms with Gasteiger partial charge in [-0.05, 0) is 25.5 Å². The summed E-state index contributed by atoms with van der Waals surface area (Å²) in [6.07, 6.45) is 1.01. The Morgan fingerprint density at radius 1 is 1.17 bits per heavy atom. The van der Waals surface area contributed by atoms with Gasteiger partial charge in [-0.3, -0.25) is 9.59 Å². The number of carbonyl (C=O) groups is 2. The van der Waals surface area contributed by atoms with Crippen molar-refractivity contribution in [2.24, 2.45) is 5.73 Å². The first-order valence-corrected chi connectivity index (χ1v) is 7.66. The predicted molar refractivity (Wildman–Crippen MR) is 89.0 cm³/mol. The van der Waals surface area contributed by atoms with Crippen LogP contribution in [0.4, 0.5) is 8.78 Å². The second-order valence-corrected chi connectivity index (χ2v) is 5.81. The SMILES string of the molecule is CC(N)CCC(=O)N1CCN(C(=O)c2ccc(F)cc2F)CC1.Cl. The lowest BCUT2D eigenvalue weighted by Gasteiger charge is -2.35. The third-order valence-electron chi connectivity index (χ3n) is 3.89. The van der Waals surface area contributed by atoms with Crippen LogP contribution in [0.3, 0.4) is 0 Å². The topological polar surface area (TPSA) is 66.6 Å². The number of hydrogen-bond acceptors (Lipinski definition) is 3. The number of nitrogens with two attached hydrogens (primary N) is 1. The third-order valence-corrected chi connectivity index (χ3v) is 3.89. The van der Waals surface area contributed by atoms with Gasteiger partial charge in [0.25, 0.3) is 5.91 Å². The number of carbonyl (C=O) groups excluding carboxylic acids is 2. The van der Waals surface area contributed by atoms with Crippen LogP contribution in [-0.4, -0.2) is 53.8 Å². The summed E-state index contributed by atoms with van der Waals surface area (Å²) >= 11 is 0. The van der Waals surface area contributed by atoms with Crippen molar-refractivity contribution in [2.45, 2.75) is 25.8 Å². The van der Waals surface area contributed by atoms with E-state index in [0.29, 0.717) is 45.1 Å². The van der Waals surface area contributed by atoms with Crippen LogP contribution in [0, 0.1) is 11.6 Å². The molecule has 0 bridgehead atoms. The normalized spacial score (nSPS) is 15.7. The average Bonchev–Trinajstić information content (AvgIpc) is 2.52. The molecule has 1 aromatic carbocycles. The van der Waals surface area contributed by atoms with Gasteiger partial charge in [0.1, 0.15) is 11.6 Å². The summed E-state index contributed by atoms with van der Waals surface area (Å²) in [6, 6.07) is 2.88. The first-order valence-electron chi connectivity index (χ1n) is 7.66. The monoisotopic (exact) mass is 361 g/mol. The van der Waals surface area contributed by atoms with Gasteiger partial charge in [-0.25, -0.2) is 8.78 Å². The lowest BCUT2D eigenvalue weighted by molar-refractivity contribution is -0.132. The third kappa shape index (κ3) is 5.14. The van der Waals surface area contributed by atoms with Crippen LogP contribution >= 0.6 is 12.4 Å². The molecule has 1 aliphatic heterocycles. The fraction of sp³-hybridized carbons (Fsp3) is 0.500. The molecule has 1 heterocycles. The molecular formula is C16H22ClF2N3O2. The summed E-state index contributed by atoms with van der Waals surface area (Å²) in [5.41, 5.74) is 5.49. The average molecular weight is 362 g/mol. The molecule has 134 valence electrons. The predicted octanol–water partition coefficient (Wildman–Crippen LogP) is 1.80. The summed E-state index contributed by atoms with van der Waals surface area (Å²) in [5.74, 6) is -2.05. The number of amides is 2. The van der Waals surface area contributed by atoms with Gasteiger partial charge in [-0.1, -0.05) is 0 Å². The van der Waals surface area contributed by atoms with Crippen molar-refractivity contribution in [2.75, 3.05) is 26.2 Å². The maximum Gasteiger partial charge on any atom is 0.256 e. The Morgan fingerprint density at radius 3 is 2.29 bits per heavy atom. The smallest absolute Gasteiger partial charge is 0.256 e. The molecule has 1 unspecified atom stereocenters. The Kier molecular flexibility index (Phi) is 7.57. The molecule has 1 aromatic rings. The van der Waals surface area contributed by atoms with Gasteiger partial charge in [0, 0.05) is 44.7 Å². The van der Waals surface area contributed by atoms with E-state index in [-0.39, 0.29) is 29.9 Å². The van der Waals surface area contributed by atoms with Crippen LogP contribution < -0.4 is 5.73 Å². The largest absolute Gasteiger partial charge is 0.339 e. The second-order valence-electron chi connectivity index (χ2n) is 5.81. The van der Waals surface area contributed by atoms with Crippen LogP contribution in [0.25, 0.3) is 0 Å². The number of rotatable bonds is 4. The van der Waals surface area contributed by atoms with E-state index in [4.69, 9.17) is 5.73 Å². The van der Waals surface area contributed by atoms with E-state index in [1.165, 1.54) is 4.90 Å². The molecular weight excluding hydrogens is 340 g/mol. The lowest BCUT2D eigenvalue weighted by Crippen LogP contribution is -2.50. The minimum atomic E-state index is -0.870. The van der Waals surface area contributed by atoms with E-state index in [2.05, 4.69) is 0 Å². The number of hydrogen-bond donors (Lipinski definition) is 1. The van der Waals surface area contributed by atoms with Crippen molar-refractivity contribution >= 4 is 24.2 Å². The molecule has 0 spiro atoms. The van der Waals surface area contributed by atoms with Gasteiger partial charge >= 0.3 is 0 Å². The van der Waals surface area contributed by atoms with Crippen molar-refractivity contribution < 1.29 is 18.4 Å². The molecule has 1 aliphatic rings. The number of piperazine rings is 1. The van der Waals surface area contributed by atoms with Gasteiger partial charge in [0.15, 0.2) is 0 Å². The lowest BCUT2D eigenvalue weighted by atomic mass is 10.1. The molecule has 1 saturated heterocycles. The Morgan fingerprint density at radius 2 is 1.75 bits per heavy atom. The molecule has 2 rings (SSSR count). The molecule has 0 radical (unpaired) electrons. The Balaban J connectivity index is 0.00000288. The fourth-order valence-electron chi connectivity index (χ4n) is 2.50. The van der Waals surface area contributed by atoms with Crippen LogP contribution in [-0.2, 0) is 4.79 Å². The highest BCUT2D eigenvalue weighted by Crippen LogP contribution is 2.14. The summed E-state index contributed by atoms with van der Waals surface area (Å²) in [4.78, 5) is 27.4. The summed E-state index contributed by atoms with van der Waals surface area (Å²) in [6.45, 7) is 3.33. The molecule has 8 heteroatoms. The molecule has 24 heavy (non-hydrogen) atoms. The van der Waals surface area contributed by atoms with Crippen molar-refractivity contribution in [3.63, 3.8) is 0 Å². The number of halogens is 3. The van der Waals surface area contributed by atoms with Gasteiger partial charge in [0.05, 0.1) is 5.56 Å². The maximum absolute atomic E-state index is 13.7. The van der Waals surface area contributed by atoms with E-state index in [9.17, 15) is 18.4 Å². The van der Waals surface area contributed by atoms with Gasteiger partial charge < -0.3 is 15.5 Å². The van der Waals surface area contributed by atoms with Gasteiger partial charge in [-0.2, -0.15) is 0 Å². The molecule has 0 aliphatic carbocycles. The van der Waals surface area contributed by atoms with E-state index in [1.807, 2.05) is 6.92 Å². The minimum absolute atomic E-state index is 0. The zero-order valence-electron chi connectivity index (χ0n) is 13.5. The number of nitrogens with zero attached hydrogens (tertiary/aromatic N) is 2. The fourth-order valence-corrected chi connectivity index (χ4v) is 2.50. The summed E-state index contributed by atoms with van der Waals surface area (Å²) < 4.78 is 26.6. The number of benzene rings is 1. The molecule has 1 atom stereocenters. The summed E-state index contributed by atoms with van der Waals surface area (Å²) in [5, 5.41) is 0. The highest BCUT2D eigenvalue weighted by molar-refractivity contribution is 5.94. The molecule has 2 N–H and O–H groups in total. The standard InChI is InChI=1S/C16H21F2N3O2.ClH/c1-11(19)2-5-15(22)20-6-8-21(9-7-20)16(23)13-4-3-12(17)10-14(13)18;/h3-4,10-11H,2,5-9,19H2,1H3;1H. The highest BCUT2D eigenvalue weighted by Gasteiger charge is 2.26. The molecule has 1 fully saturated rings. The van der Waals surface area contributed by atoms with Crippen molar-refractivity contribution in [3.8, 4) is 0 Å². The molecule has 5 nitrogen and oxygen atoms in total. The van der Waals surface area contributed by atoms with Gasteiger partial charge in [0.2, 0.25) is 5.91 Å². The van der Waals surface area contributed by atoms with Crippen LogP contribution in [0.1, 0.15) is 30.1 Å². The molecule has 2 amide bonds. The first kappa shape index (κ1) is 20.3. The van der Waals surface area contributed by atoms with Crippen molar-refractivity contribution in [3.05, 3.63) is 35.4 Å². The highest BCUT2D eigenvalue weighted by atomic mass is 35.5. The van der Waals surface area contributed by atoms with E-state index >= 15 is 0 Å². The quantitative estimate of drug-likeness (QED) is 0.889.